The van der Waals surface area contributed by atoms with Crippen LogP contribution in [0.5, 0.6) is 0 Å². The molecule has 150 valence electrons. The highest BCUT2D eigenvalue weighted by molar-refractivity contribution is 6.67. The molecule has 5 aromatic rings. The molecule has 0 fully saturated rings. The number of aromatic nitrogens is 1. The third-order valence-electron chi connectivity index (χ3n) is 5.83. The topological polar surface area (TPSA) is 4.93 Å². The van der Waals surface area contributed by atoms with Crippen LogP contribution in [0.15, 0.2) is 109 Å². The predicted molar refractivity (Wildman–Crippen MR) is 136 cm³/mol. The Kier molecular flexibility index (Phi) is 6.14. The van der Waals surface area contributed by atoms with Crippen LogP contribution in [0, 0.1) is 0 Å². The Labute approximate surface area is 189 Å². The van der Waals surface area contributed by atoms with Crippen molar-refractivity contribution >= 4 is 46.0 Å². The van der Waals surface area contributed by atoms with E-state index < -0.39 is 0 Å². The summed E-state index contributed by atoms with van der Waals surface area (Å²) in [6.45, 7) is 1.07. The zero-order valence-electron chi connectivity index (χ0n) is 17.5. The molecule has 0 saturated carbocycles. The normalized spacial score (nSPS) is 12.4. The molecule has 0 saturated heterocycles. The van der Waals surface area contributed by atoms with Gasteiger partial charge in [0.25, 0.3) is 0 Å². The first kappa shape index (κ1) is 20.0. The molecule has 0 N–H and O–H groups in total. The van der Waals surface area contributed by atoms with E-state index in [1.807, 2.05) is 0 Å². The molecule has 1 nitrogen and oxygen atoms in total. The van der Waals surface area contributed by atoms with Gasteiger partial charge in [-0.3, -0.25) is 0 Å². The Hall–Kier alpha value is -2.89. The number of nitrogens with zero attached hydrogens (tertiary/aromatic N) is 1. The molecule has 1 aromatic heterocycles. The van der Waals surface area contributed by atoms with Crippen LogP contribution in [0.3, 0.4) is 0 Å². The van der Waals surface area contributed by atoms with Crippen LogP contribution < -0.4 is 5.19 Å². The number of aryl methyl sites for hydroxylation is 1. The van der Waals surface area contributed by atoms with Crippen LogP contribution in [0.4, 0.5) is 0 Å². The number of hydrogen-bond acceptors (Lipinski definition) is 0. The maximum absolute atomic E-state index is 2.54. The first-order valence-corrected chi connectivity index (χ1v) is 13.3. The van der Waals surface area contributed by atoms with Crippen molar-refractivity contribution in [3.05, 3.63) is 115 Å². The van der Waals surface area contributed by atoms with Crippen molar-refractivity contribution < 1.29 is 0 Å². The molecule has 5 rings (SSSR count). The van der Waals surface area contributed by atoms with Gasteiger partial charge in [0.1, 0.15) is 0 Å². The van der Waals surface area contributed by atoms with Crippen molar-refractivity contribution in [1.82, 2.24) is 4.57 Å². The van der Waals surface area contributed by atoms with Crippen molar-refractivity contribution in [1.29, 1.82) is 0 Å². The summed E-state index contributed by atoms with van der Waals surface area (Å²) < 4.78 is 2.54. The van der Waals surface area contributed by atoms with Crippen molar-refractivity contribution in [3.8, 4) is 0 Å². The van der Waals surface area contributed by atoms with Crippen molar-refractivity contribution in [3.63, 3.8) is 0 Å². The molecule has 4 radical (unpaired) electrons. The van der Waals surface area contributed by atoms with Gasteiger partial charge in [-0.1, -0.05) is 113 Å². The largest absolute Gasteiger partial charge is 0.340 e. The third-order valence-corrected chi connectivity index (χ3v) is 9.57. The van der Waals surface area contributed by atoms with Gasteiger partial charge >= 0.3 is 0 Å². The highest BCUT2D eigenvalue weighted by atomic mass is 28.3. The highest BCUT2D eigenvalue weighted by Gasteiger charge is 2.15. The van der Waals surface area contributed by atoms with Crippen LogP contribution in [-0.4, -0.2) is 23.6 Å². The number of hydrogen-bond donors (Lipinski definition) is 0. The van der Waals surface area contributed by atoms with Crippen molar-refractivity contribution in [2.75, 3.05) is 0 Å². The van der Waals surface area contributed by atoms with Gasteiger partial charge in [0, 0.05) is 37.9 Å². The lowest BCUT2D eigenvalue weighted by Gasteiger charge is -2.17. The Morgan fingerprint density at radius 1 is 0.613 bits per heavy atom. The molecule has 0 aliphatic rings. The Balaban J connectivity index is 1.39. The summed E-state index contributed by atoms with van der Waals surface area (Å²) in [6.07, 6.45) is 1.21. The molecule has 0 aliphatic heterocycles. The van der Waals surface area contributed by atoms with Crippen LogP contribution in [0.1, 0.15) is 12.0 Å². The molecular weight excluding hydrogens is 406 g/mol. The van der Waals surface area contributed by atoms with Gasteiger partial charge in [0.05, 0.1) is 9.52 Å². The minimum atomic E-state index is 0.711. The number of benzene rings is 4. The summed E-state index contributed by atoms with van der Waals surface area (Å²) in [6, 6.07) is 40.9. The van der Waals surface area contributed by atoms with E-state index in [1.54, 1.807) is 0 Å². The molecule has 3 heteroatoms. The average Bonchev–Trinajstić information content (AvgIpc) is 3.16. The van der Waals surface area contributed by atoms with Crippen LogP contribution in [-0.2, 0) is 12.6 Å². The lowest BCUT2D eigenvalue weighted by Crippen LogP contribution is -2.25. The molecule has 1 unspecified atom stereocenters. The van der Waals surface area contributed by atoms with Gasteiger partial charge in [-0.15, -0.1) is 0 Å². The highest BCUT2D eigenvalue weighted by Crippen LogP contribution is 2.29. The van der Waals surface area contributed by atoms with E-state index in [0.717, 1.165) is 25.6 Å². The van der Waals surface area contributed by atoms with Crippen LogP contribution in [0.25, 0.3) is 21.8 Å². The van der Waals surface area contributed by atoms with Gasteiger partial charge in [-0.25, -0.2) is 0 Å². The van der Waals surface area contributed by atoms with E-state index in [9.17, 15) is 0 Å². The quantitative estimate of drug-likeness (QED) is 0.271. The Bertz CT molecular complexity index is 1210. The average molecular weight is 432 g/mol. The van der Waals surface area contributed by atoms with Gasteiger partial charge in [-0.2, -0.15) is 0 Å². The SMILES string of the molecule is c1ccc(C[Si]C(CCn2c3ccccc3c3ccccc32)[Si]c2ccccc2)cc1. The van der Waals surface area contributed by atoms with Crippen molar-refractivity contribution in [2.45, 2.75) is 24.2 Å². The molecule has 0 spiro atoms. The maximum Gasteiger partial charge on any atom is 0.0808 e. The first-order chi connectivity index (χ1) is 15.4. The minimum Gasteiger partial charge on any atom is -0.340 e. The minimum absolute atomic E-state index is 0.711. The summed E-state index contributed by atoms with van der Waals surface area (Å²) in [5, 5.41) is 4.93. The summed E-state index contributed by atoms with van der Waals surface area (Å²) >= 11 is 0. The standard InChI is InChI=1S/C28H25NSi2/c1-3-11-22(12-4-1)21-30-28(31-23-13-5-2-6-14-23)19-20-29-26-17-9-7-15-24(26)25-16-8-10-18-27(25)29/h1-18,28H,19-21H2. The molecule has 0 aliphatic carbocycles. The van der Waals surface area contributed by atoms with Gasteiger partial charge in [-0.05, 0) is 24.6 Å². The van der Waals surface area contributed by atoms with Crippen LogP contribution >= 0.6 is 0 Å². The smallest absolute Gasteiger partial charge is 0.0808 e. The zero-order valence-corrected chi connectivity index (χ0v) is 19.5. The third kappa shape index (κ3) is 4.58. The summed E-state index contributed by atoms with van der Waals surface area (Å²) in [5.74, 6) is 0. The number of rotatable bonds is 8. The Morgan fingerprint density at radius 2 is 1.16 bits per heavy atom. The summed E-state index contributed by atoms with van der Waals surface area (Å²) in [5.41, 5.74) is 4.18. The zero-order chi connectivity index (χ0) is 20.9. The molecule has 4 aromatic carbocycles. The van der Waals surface area contributed by atoms with Gasteiger partial charge in [0.2, 0.25) is 0 Å². The van der Waals surface area contributed by atoms with E-state index in [2.05, 4.69) is 114 Å². The molecule has 0 amide bonds. The second kappa shape index (κ2) is 9.50. The van der Waals surface area contributed by atoms with E-state index >= 15 is 0 Å². The molecule has 0 bridgehead atoms. The molecule has 1 atom stereocenters. The molecule has 1 heterocycles. The van der Waals surface area contributed by atoms with E-state index in [0.29, 0.717) is 5.16 Å². The summed E-state index contributed by atoms with van der Waals surface area (Å²) in [7, 11) is 1.80. The van der Waals surface area contributed by atoms with E-state index in [4.69, 9.17) is 0 Å². The lowest BCUT2D eigenvalue weighted by molar-refractivity contribution is 0.702. The van der Waals surface area contributed by atoms with Crippen LogP contribution in [0.2, 0.25) is 5.16 Å². The number of para-hydroxylation sites is 2. The number of fused-ring (bicyclic) bond motifs is 3. The Morgan fingerprint density at radius 3 is 1.81 bits per heavy atom. The second-order valence-electron chi connectivity index (χ2n) is 7.90. The van der Waals surface area contributed by atoms with Gasteiger partial charge in [0.15, 0.2) is 0 Å². The predicted octanol–water partition coefficient (Wildman–Crippen LogP) is 5.86. The second-order valence-corrected chi connectivity index (χ2v) is 11.5. The van der Waals surface area contributed by atoms with Gasteiger partial charge < -0.3 is 4.57 Å². The fraction of sp³-hybridized carbons (Fsp3) is 0.143. The monoisotopic (exact) mass is 431 g/mol. The lowest BCUT2D eigenvalue weighted by atomic mass is 10.2. The van der Waals surface area contributed by atoms with E-state index in [1.165, 1.54) is 45.0 Å². The fourth-order valence-corrected chi connectivity index (χ4v) is 7.63. The van der Waals surface area contributed by atoms with E-state index in [-0.39, 0.29) is 0 Å². The fourth-order valence-electron chi connectivity index (χ4n) is 4.30. The molecular formula is C28H25NSi2. The first-order valence-electron chi connectivity index (χ1n) is 10.9. The maximum atomic E-state index is 2.54. The van der Waals surface area contributed by atoms with Crippen molar-refractivity contribution in [2.24, 2.45) is 0 Å². The summed E-state index contributed by atoms with van der Waals surface area (Å²) in [4.78, 5) is 0. The molecule has 31 heavy (non-hydrogen) atoms.